The summed E-state index contributed by atoms with van der Waals surface area (Å²) < 4.78 is 41.3. The van der Waals surface area contributed by atoms with Crippen LogP contribution >= 0.6 is 11.8 Å². The number of benzene rings is 1. The lowest BCUT2D eigenvalue weighted by molar-refractivity contribution is -0.152. The smallest absolute Gasteiger partial charge is 0.446 e. The highest BCUT2D eigenvalue weighted by Gasteiger charge is 2.36. The highest BCUT2D eigenvalue weighted by atomic mass is 32.2. The van der Waals surface area contributed by atoms with Gasteiger partial charge in [0.25, 0.3) is 0 Å². The molecule has 1 rings (SSSR count). The second-order valence-electron chi connectivity index (χ2n) is 4.81. The summed E-state index contributed by atoms with van der Waals surface area (Å²) in [5.74, 6) is -0.473. The van der Waals surface area contributed by atoms with Crippen molar-refractivity contribution < 1.29 is 22.7 Å². The van der Waals surface area contributed by atoms with E-state index in [9.17, 15) is 18.0 Å². The van der Waals surface area contributed by atoms with E-state index in [1.54, 1.807) is 13.8 Å². The van der Waals surface area contributed by atoms with Crippen molar-refractivity contribution >= 4 is 17.7 Å². The largest absolute Gasteiger partial charge is 0.469 e. The second-order valence-corrected chi connectivity index (χ2v) is 5.95. The van der Waals surface area contributed by atoms with E-state index in [-0.39, 0.29) is 16.7 Å². The Labute approximate surface area is 119 Å². The van der Waals surface area contributed by atoms with Gasteiger partial charge in [-0.05, 0) is 43.3 Å². The van der Waals surface area contributed by atoms with Crippen LogP contribution in [-0.2, 0) is 9.53 Å². The molecule has 0 saturated carbocycles. The minimum Gasteiger partial charge on any atom is -0.469 e. The first-order chi connectivity index (χ1) is 9.08. The summed E-state index contributed by atoms with van der Waals surface area (Å²) >= 11 is -0.193. The highest BCUT2D eigenvalue weighted by Crippen LogP contribution is 2.38. The van der Waals surface area contributed by atoms with Gasteiger partial charge in [-0.15, -0.1) is 0 Å². The Hall–Kier alpha value is -1.21. The number of nitrogens with two attached hydrogens (primary N) is 1. The van der Waals surface area contributed by atoms with Gasteiger partial charge in [-0.25, -0.2) is 0 Å². The zero-order valence-electron chi connectivity index (χ0n) is 11.3. The minimum atomic E-state index is -4.32. The number of hydrogen-bond donors (Lipinski definition) is 1. The number of hydrogen-bond acceptors (Lipinski definition) is 4. The summed E-state index contributed by atoms with van der Waals surface area (Å²) in [6, 6.07) is 4.98. The third-order valence-corrected chi connectivity index (χ3v) is 3.70. The van der Waals surface area contributed by atoms with Gasteiger partial charge in [0.15, 0.2) is 0 Å². The van der Waals surface area contributed by atoms with E-state index < -0.39 is 22.9 Å². The Morgan fingerprint density at radius 2 is 1.75 bits per heavy atom. The van der Waals surface area contributed by atoms with Crippen molar-refractivity contribution in [2.24, 2.45) is 11.1 Å². The molecular formula is C13H16F3NO2S. The number of ether oxygens (including phenoxy) is 1. The molecule has 0 fully saturated rings. The van der Waals surface area contributed by atoms with Gasteiger partial charge in [0.1, 0.15) is 0 Å². The first-order valence-corrected chi connectivity index (χ1v) is 6.59. The SMILES string of the molecule is COC(=O)C(C)(C)[C@H](N)c1ccc(SC(F)(F)F)cc1. The predicted octanol–water partition coefficient (Wildman–Crippen LogP) is 3.50. The summed E-state index contributed by atoms with van der Waals surface area (Å²) in [7, 11) is 1.26. The minimum absolute atomic E-state index is 0.0734. The standard InChI is InChI=1S/C13H16F3NO2S/c1-12(2,11(18)19-3)10(17)8-4-6-9(7-5-8)20-13(14,15)16/h4-7,10H,17H2,1-3H3/t10-/m1/s1. The monoisotopic (exact) mass is 307 g/mol. The lowest BCUT2D eigenvalue weighted by Gasteiger charge is -2.29. The molecule has 1 atom stereocenters. The van der Waals surface area contributed by atoms with Crippen molar-refractivity contribution in [2.75, 3.05) is 7.11 Å². The molecule has 0 heterocycles. The number of alkyl halides is 3. The van der Waals surface area contributed by atoms with E-state index in [1.807, 2.05) is 0 Å². The van der Waals surface area contributed by atoms with Crippen LogP contribution in [0.15, 0.2) is 29.2 Å². The zero-order valence-corrected chi connectivity index (χ0v) is 12.1. The topological polar surface area (TPSA) is 52.3 Å². The van der Waals surface area contributed by atoms with Gasteiger partial charge in [0.05, 0.1) is 12.5 Å². The van der Waals surface area contributed by atoms with Gasteiger partial charge in [-0.1, -0.05) is 12.1 Å². The maximum Gasteiger partial charge on any atom is 0.446 e. The van der Waals surface area contributed by atoms with Crippen molar-refractivity contribution in [3.05, 3.63) is 29.8 Å². The molecule has 2 N–H and O–H groups in total. The van der Waals surface area contributed by atoms with Gasteiger partial charge >= 0.3 is 11.5 Å². The lowest BCUT2D eigenvalue weighted by Crippen LogP contribution is -2.37. The van der Waals surface area contributed by atoms with Gasteiger partial charge < -0.3 is 10.5 Å². The first kappa shape index (κ1) is 16.8. The van der Waals surface area contributed by atoms with Crippen molar-refractivity contribution in [2.45, 2.75) is 30.3 Å². The number of thioether (sulfide) groups is 1. The van der Waals surface area contributed by atoms with Crippen LogP contribution < -0.4 is 5.73 Å². The van der Waals surface area contributed by atoms with E-state index in [0.29, 0.717) is 5.56 Å². The molecule has 0 aliphatic heterocycles. The average molecular weight is 307 g/mol. The summed E-state index contributed by atoms with van der Waals surface area (Å²) in [6.45, 7) is 3.25. The molecule has 3 nitrogen and oxygen atoms in total. The van der Waals surface area contributed by atoms with Crippen molar-refractivity contribution in [1.82, 2.24) is 0 Å². The van der Waals surface area contributed by atoms with Crippen molar-refractivity contribution in [1.29, 1.82) is 0 Å². The Morgan fingerprint density at radius 1 is 1.25 bits per heavy atom. The van der Waals surface area contributed by atoms with Crippen LogP contribution in [0, 0.1) is 5.41 Å². The van der Waals surface area contributed by atoms with Gasteiger partial charge in [-0.2, -0.15) is 13.2 Å². The summed E-state index contributed by atoms with van der Waals surface area (Å²) in [6.07, 6.45) is 0. The Kier molecular flexibility index (Phi) is 5.10. The Morgan fingerprint density at radius 3 is 2.15 bits per heavy atom. The molecule has 20 heavy (non-hydrogen) atoms. The normalized spacial score (nSPS) is 13.9. The number of carbonyl (C=O) groups is 1. The van der Waals surface area contributed by atoms with Crippen LogP contribution in [-0.4, -0.2) is 18.6 Å². The number of esters is 1. The quantitative estimate of drug-likeness (QED) is 0.683. The molecule has 0 bridgehead atoms. The fraction of sp³-hybridized carbons (Fsp3) is 0.462. The van der Waals surface area contributed by atoms with Crippen LogP contribution in [0.3, 0.4) is 0 Å². The average Bonchev–Trinajstić information content (AvgIpc) is 2.35. The highest BCUT2D eigenvalue weighted by molar-refractivity contribution is 8.00. The molecule has 0 radical (unpaired) electrons. The maximum atomic E-state index is 12.2. The van der Waals surface area contributed by atoms with E-state index in [0.717, 1.165) is 0 Å². The molecule has 0 aromatic heterocycles. The third-order valence-electron chi connectivity index (χ3n) is 2.96. The molecule has 7 heteroatoms. The number of methoxy groups -OCH3 is 1. The Bertz CT molecular complexity index is 471. The van der Waals surface area contributed by atoms with Crippen LogP contribution in [0.1, 0.15) is 25.5 Å². The molecule has 0 saturated heterocycles. The predicted molar refractivity (Wildman–Crippen MR) is 71.1 cm³/mol. The van der Waals surface area contributed by atoms with E-state index in [4.69, 9.17) is 5.73 Å². The fourth-order valence-corrected chi connectivity index (χ4v) is 2.22. The van der Waals surface area contributed by atoms with Gasteiger partial charge in [0.2, 0.25) is 0 Å². The Balaban J connectivity index is 2.91. The summed E-state index contributed by atoms with van der Waals surface area (Å²) in [4.78, 5) is 11.7. The van der Waals surface area contributed by atoms with Crippen LogP contribution in [0.4, 0.5) is 13.2 Å². The molecule has 0 aliphatic carbocycles. The first-order valence-electron chi connectivity index (χ1n) is 5.77. The van der Waals surface area contributed by atoms with E-state index >= 15 is 0 Å². The second kappa shape index (κ2) is 6.05. The van der Waals surface area contributed by atoms with Crippen LogP contribution in [0.25, 0.3) is 0 Å². The molecule has 0 spiro atoms. The molecule has 0 unspecified atom stereocenters. The van der Waals surface area contributed by atoms with Crippen molar-refractivity contribution in [3.63, 3.8) is 0 Å². The summed E-state index contributed by atoms with van der Waals surface area (Å²) in [5, 5.41) is 0. The summed E-state index contributed by atoms with van der Waals surface area (Å²) in [5.41, 5.74) is 1.28. The van der Waals surface area contributed by atoms with Crippen LogP contribution in [0.2, 0.25) is 0 Å². The number of rotatable bonds is 4. The fourth-order valence-electron chi connectivity index (χ4n) is 1.68. The van der Waals surface area contributed by atoms with E-state index in [1.165, 1.54) is 31.4 Å². The molecule has 1 aromatic carbocycles. The zero-order chi connectivity index (χ0) is 15.6. The van der Waals surface area contributed by atoms with Crippen LogP contribution in [0.5, 0.6) is 0 Å². The maximum absolute atomic E-state index is 12.2. The number of carbonyl (C=O) groups excluding carboxylic acids is 1. The van der Waals surface area contributed by atoms with Gasteiger partial charge in [-0.3, -0.25) is 4.79 Å². The number of halogens is 3. The third kappa shape index (κ3) is 4.14. The molecular weight excluding hydrogens is 291 g/mol. The van der Waals surface area contributed by atoms with E-state index in [2.05, 4.69) is 4.74 Å². The van der Waals surface area contributed by atoms with Gasteiger partial charge in [0, 0.05) is 10.9 Å². The lowest BCUT2D eigenvalue weighted by atomic mass is 9.81. The molecule has 0 aliphatic rings. The molecule has 112 valence electrons. The molecule has 1 aromatic rings. The van der Waals surface area contributed by atoms with Crippen molar-refractivity contribution in [3.8, 4) is 0 Å². The molecule has 0 amide bonds.